The second kappa shape index (κ2) is 4.09. The van der Waals surface area contributed by atoms with E-state index in [1.165, 1.54) is 23.1 Å². The Kier molecular flexibility index (Phi) is 2.63. The van der Waals surface area contributed by atoms with E-state index >= 15 is 0 Å². The van der Waals surface area contributed by atoms with E-state index in [4.69, 9.17) is 5.11 Å². The minimum absolute atomic E-state index is 0.267. The van der Waals surface area contributed by atoms with E-state index in [1.807, 2.05) is 0 Å². The molecule has 0 bridgehead atoms. The van der Waals surface area contributed by atoms with Crippen molar-refractivity contribution in [1.29, 1.82) is 0 Å². The van der Waals surface area contributed by atoms with Crippen molar-refractivity contribution < 1.29 is 14.3 Å². The molecule has 6 heteroatoms. The number of carboxylic acid groups (broad SMARTS) is 1. The van der Waals surface area contributed by atoms with Gasteiger partial charge in [0.05, 0.1) is 6.54 Å². The lowest BCUT2D eigenvalue weighted by molar-refractivity contribution is 0.0683. The summed E-state index contributed by atoms with van der Waals surface area (Å²) in [5.74, 6) is -1.79. The fourth-order valence-corrected chi connectivity index (χ4v) is 1.29. The minimum atomic E-state index is -1.18. The third-order valence-electron chi connectivity index (χ3n) is 1.96. The smallest absolute Gasteiger partial charge is 0.375 e. The first-order valence-corrected chi connectivity index (χ1v) is 4.52. The molecule has 16 heavy (non-hydrogen) atoms. The van der Waals surface area contributed by atoms with Crippen LogP contribution in [0.4, 0.5) is 4.39 Å². The summed E-state index contributed by atoms with van der Waals surface area (Å²) in [6, 6.07) is 6.01. The van der Waals surface area contributed by atoms with E-state index in [0.717, 1.165) is 0 Å². The van der Waals surface area contributed by atoms with E-state index in [-0.39, 0.29) is 18.2 Å². The van der Waals surface area contributed by atoms with Gasteiger partial charge < -0.3 is 5.11 Å². The van der Waals surface area contributed by atoms with Crippen molar-refractivity contribution in [3.05, 3.63) is 47.8 Å². The van der Waals surface area contributed by atoms with Gasteiger partial charge in [-0.3, -0.25) is 0 Å². The van der Waals surface area contributed by atoms with Crippen LogP contribution in [0.15, 0.2) is 30.6 Å². The van der Waals surface area contributed by atoms with E-state index in [0.29, 0.717) is 5.56 Å². The van der Waals surface area contributed by atoms with Crippen LogP contribution >= 0.6 is 0 Å². The van der Waals surface area contributed by atoms with Crippen LogP contribution in [0.2, 0.25) is 0 Å². The average Bonchev–Trinajstić information content (AvgIpc) is 2.66. The molecule has 0 aliphatic heterocycles. The van der Waals surface area contributed by atoms with Gasteiger partial charge in [-0.25, -0.2) is 18.9 Å². The zero-order chi connectivity index (χ0) is 11.5. The maximum atomic E-state index is 12.9. The van der Waals surface area contributed by atoms with E-state index in [9.17, 15) is 9.18 Å². The average molecular weight is 221 g/mol. The number of halogens is 1. The maximum Gasteiger partial charge on any atom is 0.375 e. The molecule has 0 radical (unpaired) electrons. The third kappa shape index (κ3) is 2.22. The van der Waals surface area contributed by atoms with E-state index in [1.54, 1.807) is 12.1 Å². The Morgan fingerprint density at radius 1 is 1.50 bits per heavy atom. The second-order valence-corrected chi connectivity index (χ2v) is 3.20. The molecule has 1 heterocycles. The quantitative estimate of drug-likeness (QED) is 0.844. The highest BCUT2D eigenvalue weighted by Crippen LogP contribution is 2.05. The lowest BCUT2D eigenvalue weighted by atomic mass is 10.2. The number of benzene rings is 1. The summed E-state index contributed by atoms with van der Waals surface area (Å²) in [5, 5.41) is 12.3. The predicted molar refractivity (Wildman–Crippen MR) is 52.5 cm³/mol. The number of carbonyl (C=O) groups is 1. The lowest BCUT2D eigenvalue weighted by Gasteiger charge is -2.00. The summed E-state index contributed by atoms with van der Waals surface area (Å²) < 4.78 is 14.2. The van der Waals surface area contributed by atoms with Crippen LogP contribution < -0.4 is 0 Å². The molecule has 1 aromatic carbocycles. The SMILES string of the molecule is O=C(O)c1ncn(Cc2cccc(F)c2)n1. The number of aromatic carboxylic acids is 1. The highest BCUT2D eigenvalue weighted by Gasteiger charge is 2.08. The van der Waals surface area contributed by atoms with Crippen molar-refractivity contribution in [2.75, 3.05) is 0 Å². The van der Waals surface area contributed by atoms with Crippen LogP contribution in [0.25, 0.3) is 0 Å². The largest absolute Gasteiger partial charge is 0.475 e. The highest BCUT2D eigenvalue weighted by atomic mass is 19.1. The standard InChI is InChI=1S/C10H8FN3O2/c11-8-3-1-2-7(4-8)5-14-6-12-9(13-14)10(15)16/h1-4,6H,5H2,(H,15,16). The predicted octanol–water partition coefficient (Wildman–Crippen LogP) is 1.16. The van der Waals surface area contributed by atoms with Gasteiger partial charge in [-0.05, 0) is 17.7 Å². The summed E-state index contributed by atoms with van der Waals surface area (Å²) in [6.45, 7) is 0.290. The molecular weight excluding hydrogens is 213 g/mol. The molecule has 0 spiro atoms. The Balaban J connectivity index is 2.17. The van der Waals surface area contributed by atoms with Gasteiger partial charge in [-0.2, -0.15) is 0 Å². The maximum absolute atomic E-state index is 12.9. The Morgan fingerprint density at radius 2 is 2.31 bits per heavy atom. The Labute approximate surface area is 90.2 Å². The molecule has 2 rings (SSSR count). The van der Waals surface area contributed by atoms with Crippen LogP contribution in [0.1, 0.15) is 16.2 Å². The van der Waals surface area contributed by atoms with Crippen LogP contribution in [0, 0.1) is 5.82 Å². The summed E-state index contributed by atoms with van der Waals surface area (Å²) >= 11 is 0. The number of hydrogen-bond donors (Lipinski definition) is 1. The van der Waals surface area contributed by atoms with E-state index < -0.39 is 5.97 Å². The second-order valence-electron chi connectivity index (χ2n) is 3.20. The number of rotatable bonds is 3. The van der Waals surface area contributed by atoms with E-state index in [2.05, 4.69) is 10.1 Å². The van der Waals surface area contributed by atoms with Crippen molar-refractivity contribution in [1.82, 2.24) is 14.8 Å². The lowest BCUT2D eigenvalue weighted by Crippen LogP contribution is -2.04. The molecule has 0 saturated heterocycles. The molecule has 0 saturated carbocycles. The minimum Gasteiger partial charge on any atom is -0.475 e. The molecule has 2 aromatic rings. The van der Waals surface area contributed by atoms with Crippen molar-refractivity contribution in [3.63, 3.8) is 0 Å². The number of carboxylic acids is 1. The van der Waals surface area contributed by atoms with Crippen LogP contribution in [-0.2, 0) is 6.54 Å². The van der Waals surface area contributed by atoms with Crippen molar-refractivity contribution in [2.24, 2.45) is 0 Å². The highest BCUT2D eigenvalue weighted by molar-refractivity contribution is 5.82. The Morgan fingerprint density at radius 3 is 2.94 bits per heavy atom. The van der Waals surface area contributed by atoms with Gasteiger partial charge in [0.15, 0.2) is 0 Å². The molecule has 0 aliphatic rings. The van der Waals surface area contributed by atoms with Gasteiger partial charge in [0.2, 0.25) is 0 Å². The molecule has 1 N–H and O–H groups in total. The van der Waals surface area contributed by atoms with Crippen molar-refractivity contribution in [2.45, 2.75) is 6.54 Å². The first-order valence-electron chi connectivity index (χ1n) is 4.52. The Hall–Kier alpha value is -2.24. The van der Waals surface area contributed by atoms with Crippen molar-refractivity contribution >= 4 is 5.97 Å². The van der Waals surface area contributed by atoms with Gasteiger partial charge in [0.25, 0.3) is 5.82 Å². The van der Waals surface area contributed by atoms with Gasteiger partial charge in [-0.15, -0.1) is 5.10 Å². The summed E-state index contributed by atoms with van der Waals surface area (Å²) in [7, 11) is 0. The molecule has 0 amide bonds. The van der Waals surface area contributed by atoms with Gasteiger partial charge in [0, 0.05) is 0 Å². The van der Waals surface area contributed by atoms with Crippen LogP contribution in [0.3, 0.4) is 0 Å². The summed E-state index contributed by atoms with van der Waals surface area (Å²) in [6.07, 6.45) is 1.30. The molecule has 82 valence electrons. The van der Waals surface area contributed by atoms with Crippen molar-refractivity contribution in [3.8, 4) is 0 Å². The zero-order valence-electron chi connectivity index (χ0n) is 8.17. The fourth-order valence-electron chi connectivity index (χ4n) is 1.29. The summed E-state index contributed by atoms with van der Waals surface area (Å²) in [5.41, 5.74) is 0.696. The number of hydrogen-bond acceptors (Lipinski definition) is 3. The first kappa shape index (κ1) is 10.3. The van der Waals surface area contributed by atoms with Gasteiger partial charge in [0.1, 0.15) is 12.1 Å². The zero-order valence-corrected chi connectivity index (χ0v) is 8.17. The van der Waals surface area contributed by atoms with Gasteiger partial charge >= 0.3 is 5.97 Å². The molecule has 0 unspecified atom stereocenters. The van der Waals surface area contributed by atoms with Crippen LogP contribution in [0.5, 0.6) is 0 Å². The Bertz CT molecular complexity index is 524. The molecule has 0 atom stereocenters. The summed E-state index contributed by atoms with van der Waals surface area (Å²) in [4.78, 5) is 14.1. The third-order valence-corrected chi connectivity index (χ3v) is 1.96. The van der Waals surface area contributed by atoms with Crippen LogP contribution in [-0.4, -0.2) is 25.8 Å². The number of aromatic nitrogens is 3. The monoisotopic (exact) mass is 221 g/mol. The normalized spacial score (nSPS) is 10.3. The molecule has 1 aromatic heterocycles. The fraction of sp³-hybridized carbons (Fsp3) is 0.100. The molecule has 5 nitrogen and oxygen atoms in total. The molecular formula is C10H8FN3O2. The molecule has 0 fully saturated rings. The first-order chi connectivity index (χ1) is 7.65. The van der Waals surface area contributed by atoms with Gasteiger partial charge in [-0.1, -0.05) is 12.1 Å². The topological polar surface area (TPSA) is 68.0 Å². The number of nitrogens with zero attached hydrogens (tertiary/aromatic N) is 3. The molecule has 0 aliphatic carbocycles.